The van der Waals surface area contributed by atoms with Crippen LogP contribution in [0.1, 0.15) is 42.4 Å². The van der Waals surface area contributed by atoms with Gasteiger partial charge in [0.05, 0.1) is 10.6 Å². The number of halogens is 1. The van der Waals surface area contributed by atoms with E-state index in [0.29, 0.717) is 43.7 Å². The summed E-state index contributed by atoms with van der Waals surface area (Å²) in [5, 5.41) is 20.6. The molecular formula is C33H32ClN5O6S. The lowest BCUT2D eigenvalue weighted by atomic mass is 9.97. The minimum absolute atomic E-state index is 0.00599. The van der Waals surface area contributed by atoms with Crippen molar-refractivity contribution in [3.63, 3.8) is 0 Å². The molecule has 0 fully saturated rings. The van der Waals surface area contributed by atoms with Gasteiger partial charge in [-0.1, -0.05) is 29.8 Å². The molecule has 0 bridgehead atoms. The number of methoxy groups -OCH3 is 1. The Balaban J connectivity index is 1.69. The van der Waals surface area contributed by atoms with Crippen molar-refractivity contribution < 1.29 is 28.6 Å². The molecule has 3 N–H and O–H groups in total. The molecule has 0 saturated carbocycles. The number of ether oxygens (including phenoxy) is 3. The van der Waals surface area contributed by atoms with E-state index in [0.717, 1.165) is 0 Å². The molecule has 4 rings (SSSR count). The van der Waals surface area contributed by atoms with Crippen molar-refractivity contribution in [3.8, 4) is 34.2 Å². The number of hydrogen-bond donors (Lipinski definition) is 3. The predicted octanol–water partition coefficient (Wildman–Crippen LogP) is 7.09. The Kier molecular flexibility index (Phi) is 11.3. The van der Waals surface area contributed by atoms with Crippen molar-refractivity contribution >= 4 is 52.4 Å². The number of rotatable bonds is 11. The van der Waals surface area contributed by atoms with E-state index in [-0.39, 0.29) is 37.0 Å². The number of thiophene rings is 1. The topological polar surface area (TPSA) is 152 Å². The summed E-state index contributed by atoms with van der Waals surface area (Å²) in [4.78, 5) is 42.8. The highest BCUT2D eigenvalue weighted by atomic mass is 35.5. The third kappa shape index (κ3) is 9.28. The molecule has 0 saturated heterocycles. The van der Waals surface area contributed by atoms with E-state index in [9.17, 15) is 19.6 Å². The van der Waals surface area contributed by atoms with Gasteiger partial charge in [-0.3, -0.25) is 9.59 Å². The van der Waals surface area contributed by atoms with Crippen molar-refractivity contribution in [2.75, 3.05) is 31.1 Å². The van der Waals surface area contributed by atoms with Crippen LogP contribution in [-0.2, 0) is 14.3 Å². The molecule has 2 aromatic heterocycles. The van der Waals surface area contributed by atoms with Gasteiger partial charge in [-0.15, -0.1) is 11.3 Å². The Bertz CT molecular complexity index is 1770. The Hall–Kier alpha value is -4.96. The third-order valence-electron chi connectivity index (χ3n) is 6.14. The van der Waals surface area contributed by atoms with E-state index < -0.39 is 17.6 Å². The van der Waals surface area contributed by atoms with E-state index in [1.807, 2.05) is 0 Å². The van der Waals surface area contributed by atoms with E-state index in [1.54, 1.807) is 86.8 Å². The molecule has 4 aromatic rings. The summed E-state index contributed by atoms with van der Waals surface area (Å²) >= 11 is 7.50. The monoisotopic (exact) mass is 661 g/mol. The second-order valence-electron chi connectivity index (χ2n) is 10.8. The normalized spacial score (nSPS) is 10.9. The molecule has 3 amide bonds. The van der Waals surface area contributed by atoms with Crippen LogP contribution in [0.4, 0.5) is 16.3 Å². The minimum atomic E-state index is -0.652. The van der Waals surface area contributed by atoms with Crippen LogP contribution >= 0.6 is 22.9 Å². The number of nitriles is 1. The summed E-state index contributed by atoms with van der Waals surface area (Å²) in [6, 6.07) is 19.2. The maximum Gasteiger partial charge on any atom is 0.407 e. The van der Waals surface area contributed by atoms with Crippen molar-refractivity contribution in [2.24, 2.45) is 0 Å². The summed E-state index contributed by atoms with van der Waals surface area (Å²) in [6.45, 7) is 5.28. The number of nitrogens with zero attached hydrogens (tertiary/aromatic N) is 2. The first-order valence-electron chi connectivity index (χ1n) is 14.1. The molecule has 11 nitrogen and oxygen atoms in total. The average molecular weight is 662 g/mol. The lowest BCUT2D eigenvalue weighted by Crippen LogP contribution is -2.34. The number of anilines is 2. The first kappa shape index (κ1) is 33.9. The molecule has 0 unspecified atom stereocenters. The van der Waals surface area contributed by atoms with E-state index >= 15 is 0 Å². The highest BCUT2D eigenvalue weighted by Crippen LogP contribution is 2.38. The van der Waals surface area contributed by atoms with Gasteiger partial charge in [0.2, 0.25) is 5.91 Å². The molecule has 2 heterocycles. The second kappa shape index (κ2) is 15.4. The number of aromatic nitrogens is 1. The minimum Gasteiger partial charge on any atom is -0.467 e. The summed E-state index contributed by atoms with van der Waals surface area (Å²) in [5.74, 6) is -0.332. The molecule has 46 heavy (non-hydrogen) atoms. The van der Waals surface area contributed by atoms with Gasteiger partial charge in [0.1, 0.15) is 23.0 Å². The van der Waals surface area contributed by atoms with Crippen LogP contribution in [0, 0.1) is 11.3 Å². The van der Waals surface area contributed by atoms with Crippen LogP contribution in [0.2, 0.25) is 5.02 Å². The number of carbonyl (C=O) groups is 3. The van der Waals surface area contributed by atoms with Crippen LogP contribution in [0.5, 0.6) is 5.75 Å². The van der Waals surface area contributed by atoms with Gasteiger partial charge in [0.15, 0.2) is 12.6 Å². The van der Waals surface area contributed by atoms with Gasteiger partial charge in [-0.05, 0) is 74.2 Å². The third-order valence-corrected chi connectivity index (χ3v) is 7.24. The first-order chi connectivity index (χ1) is 22.0. The molecule has 13 heteroatoms. The average Bonchev–Trinajstić information content (AvgIpc) is 3.54. The maximum absolute atomic E-state index is 13.1. The molecule has 0 atom stereocenters. The van der Waals surface area contributed by atoms with Crippen LogP contribution in [0.15, 0.2) is 66.0 Å². The standard InChI is InChI=1S/C33H32ClN5O6S/c1-33(2,3)45-32(42)36-13-12-29(40)37-22-8-5-7-20(15-22)24-17-26(23-11-10-21(34)16-27(23)44-19-43-4)38-30(25(24)18-35)39-31(41)28-9-6-14-46-28/h5-11,14-17H,12-13,19H2,1-4H3,(H,36,42)(H,37,40)(H,38,39,41). The van der Waals surface area contributed by atoms with Crippen molar-refractivity contribution in [1.29, 1.82) is 5.26 Å². The molecule has 0 spiro atoms. The Morgan fingerprint density at radius 3 is 2.52 bits per heavy atom. The van der Waals surface area contributed by atoms with E-state index in [1.165, 1.54) is 18.4 Å². The quantitative estimate of drug-likeness (QED) is 0.144. The van der Waals surface area contributed by atoms with Gasteiger partial charge < -0.3 is 30.2 Å². The summed E-state index contributed by atoms with van der Waals surface area (Å²) < 4.78 is 16.0. The zero-order valence-corrected chi connectivity index (χ0v) is 27.2. The van der Waals surface area contributed by atoms with Crippen molar-refractivity contribution in [1.82, 2.24) is 10.3 Å². The van der Waals surface area contributed by atoms with Crippen LogP contribution in [0.25, 0.3) is 22.4 Å². The predicted molar refractivity (Wildman–Crippen MR) is 177 cm³/mol. The van der Waals surface area contributed by atoms with Gasteiger partial charge in [0, 0.05) is 41.9 Å². The fraction of sp³-hybridized carbons (Fsp3) is 0.242. The zero-order chi connectivity index (χ0) is 33.3. The van der Waals surface area contributed by atoms with Crippen molar-refractivity contribution in [3.05, 3.63) is 81.5 Å². The van der Waals surface area contributed by atoms with E-state index in [2.05, 4.69) is 27.0 Å². The summed E-state index contributed by atoms with van der Waals surface area (Å²) in [6.07, 6.45) is -0.607. The summed E-state index contributed by atoms with van der Waals surface area (Å²) in [5.41, 5.74) is 1.88. The highest BCUT2D eigenvalue weighted by molar-refractivity contribution is 7.12. The largest absolute Gasteiger partial charge is 0.467 e. The number of alkyl carbamates (subject to hydrolysis) is 1. The molecule has 0 radical (unpaired) electrons. The fourth-order valence-corrected chi connectivity index (χ4v) is 5.00. The number of benzene rings is 2. The molecule has 0 aliphatic carbocycles. The maximum atomic E-state index is 13.1. The van der Waals surface area contributed by atoms with Crippen LogP contribution < -0.4 is 20.7 Å². The Labute approximate surface area is 275 Å². The lowest BCUT2D eigenvalue weighted by Gasteiger charge is -2.19. The number of pyridine rings is 1. The fourth-order valence-electron chi connectivity index (χ4n) is 4.22. The van der Waals surface area contributed by atoms with Gasteiger partial charge in [-0.25, -0.2) is 9.78 Å². The number of hydrogen-bond acceptors (Lipinski definition) is 9. The van der Waals surface area contributed by atoms with Crippen LogP contribution in [0.3, 0.4) is 0 Å². The lowest BCUT2D eigenvalue weighted by molar-refractivity contribution is -0.116. The molecule has 238 valence electrons. The Morgan fingerprint density at radius 1 is 1.02 bits per heavy atom. The smallest absolute Gasteiger partial charge is 0.407 e. The zero-order valence-electron chi connectivity index (χ0n) is 25.6. The van der Waals surface area contributed by atoms with Gasteiger partial charge >= 0.3 is 6.09 Å². The Morgan fingerprint density at radius 2 is 1.83 bits per heavy atom. The van der Waals surface area contributed by atoms with Gasteiger partial charge in [0.25, 0.3) is 5.91 Å². The van der Waals surface area contributed by atoms with Gasteiger partial charge in [-0.2, -0.15) is 5.26 Å². The first-order valence-corrected chi connectivity index (χ1v) is 15.3. The summed E-state index contributed by atoms with van der Waals surface area (Å²) in [7, 11) is 1.49. The second-order valence-corrected chi connectivity index (χ2v) is 12.2. The molecule has 0 aliphatic heterocycles. The van der Waals surface area contributed by atoms with Crippen molar-refractivity contribution in [2.45, 2.75) is 32.8 Å². The molecule has 0 aliphatic rings. The molecule has 2 aromatic carbocycles. The number of amides is 3. The number of nitrogens with one attached hydrogen (secondary N) is 3. The number of carbonyl (C=O) groups excluding carboxylic acids is 3. The highest BCUT2D eigenvalue weighted by Gasteiger charge is 2.21. The van der Waals surface area contributed by atoms with E-state index in [4.69, 9.17) is 25.8 Å². The van der Waals surface area contributed by atoms with Crippen LogP contribution in [-0.4, -0.2) is 48.9 Å². The SMILES string of the molecule is COCOc1cc(Cl)ccc1-c1cc(-c2cccc(NC(=O)CCNC(=O)OC(C)(C)C)c2)c(C#N)c(NC(=O)c2cccs2)n1. The molecular weight excluding hydrogens is 630 g/mol.